The van der Waals surface area contributed by atoms with Gasteiger partial charge in [-0.25, -0.2) is 13.2 Å². The smallest absolute Gasteiger partial charge is 0.337 e. The first-order chi connectivity index (χ1) is 16.1. The number of para-hydroxylation sites is 2. The molecule has 3 rings (SSSR count). The fourth-order valence-corrected chi connectivity index (χ4v) is 4.13. The van der Waals surface area contributed by atoms with Gasteiger partial charge in [0, 0.05) is 17.7 Å². The topological polar surface area (TPSA) is 180 Å². The number of hydrogen-bond acceptors (Lipinski definition) is 9. The first kappa shape index (κ1) is 24.0. The standard InChI is InChI=1S/C21H18N4O8S/c1-33-18-8-4-5-13(20(18)26)12-22-23-17-10-9-14(25(29)30)11-19(17)34(31,32)24-16-7-3-2-6-15(16)21(27)28/h2-12,23-24,26H,1H3,(H,27,28)/b22-12+. The summed E-state index contributed by atoms with van der Waals surface area (Å²) in [6.07, 6.45) is 1.20. The number of hydrazone groups is 1. The molecule has 0 aliphatic heterocycles. The summed E-state index contributed by atoms with van der Waals surface area (Å²) in [6, 6.07) is 13.0. The van der Waals surface area contributed by atoms with Crippen LogP contribution in [0, 0.1) is 10.1 Å². The number of hydrogen-bond donors (Lipinski definition) is 4. The maximum absolute atomic E-state index is 13.1. The van der Waals surface area contributed by atoms with E-state index in [2.05, 4.69) is 15.2 Å². The van der Waals surface area contributed by atoms with E-state index in [0.29, 0.717) is 0 Å². The minimum atomic E-state index is -4.49. The zero-order chi connectivity index (χ0) is 24.9. The second-order valence-electron chi connectivity index (χ2n) is 6.66. The number of nitro benzene ring substituents is 1. The van der Waals surface area contributed by atoms with E-state index in [1.807, 2.05) is 0 Å². The van der Waals surface area contributed by atoms with Crippen LogP contribution in [-0.4, -0.2) is 42.8 Å². The molecular weight excluding hydrogens is 468 g/mol. The molecule has 0 aliphatic rings. The van der Waals surface area contributed by atoms with Crippen molar-refractivity contribution in [3.63, 3.8) is 0 Å². The highest BCUT2D eigenvalue weighted by Crippen LogP contribution is 2.30. The van der Waals surface area contributed by atoms with Gasteiger partial charge in [-0.05, 0) is 30.3 Å². The monoisotopic (exact) mass is 486 g/mol. The van der Waals surface area contributed by atoms with Crippen LogP contribution in [0.2, 0.25) is 0 Å². The highest BCUT2D eigenvalue weighted by molar-refractivity contribution is 7.93. The number of methoxy groups -OCH3 is 1. The molecule has 0 radical (unpaired) electrons. The Morgan fingerprint density at radius 2 is 1.85 bits per heavy atom. The average Bonchev–Trinajstić information content (AvgIpc) is 2.80. The molecule has 0 fully saturated rings. The molecule has 0 aliphatic carbocycles. The normalized spacial score (nSPS) is 11.2. The van der Waals surface area contributed by atoms with Gasteiger partial charge in [0.25, 0.3) is 15.7 Å². The van der Waals surface area contributed by atoms with E-state index < -0.39 is 31.5 Å². The molecule has 0 saturated heterocycles. The lowest BCUT2D eigenvalue weighted by Crippen LogP contribution is -2.17. The Labute approximate surface area is 193 Å². The summed E-state index contributed by atoms with van der Waals surface area (Å²) < 4.78 is 33.3. The van der Waals surface area contributed by atoms with Crippen LogP contribution < -0.4 is 14.9 Å². The third-order valence-electron chi connectivity index (χ3n) is 4.51. The van der Waals surface area contributed by atoms with E-state index in [0.717, 1.165) is 18.2 Å². The number of nitrogens with zero attached hydrogens (tertiary/aromatic N) is 2. The SMILES string of the molecule is COc1cccc(/C=N/Nc2ccc([N+](=O)[O-])cc2S(=O)(=O)Nc2ccccc2C(=O)O)c1O. The van der Waals surface area contributed by atoms with Gasteiger partial charge in [-0.1, -0.05) is 18.2 Å². The Balaban J connectivity index is 1.99. The van der Waals surface area contributed by atoms with Gasteiger partial charge < -0.3 is 14.9 Å². The van der Waals surface area contributed by atoms with Crippen molar-refractivity contribution in [3.8, 4) is 11.5 Å². The number of carboxylic acids is 1. The number of rotatable bonds is 9. The van der Waals surface area contributed by atoms with E-state index in [4.69, 9.17) is 4.74 Å². The van der Waals surface area contributed by atoms with Crippen molar-refractivity contribution in [2.75, 3.05) is 17.3 Å². The molecule has 12 nitrogen and oxygen atoms in total. The third kappa shape index (κ3) is 5.21. The number of nitro groups is 1. The van der Waals surface area contributed by atoms with Crippen molar-refractivity contribution in [1.29, 1.82) is 0 Å². The summed E-state index contributed by atoms with van der Waals surface area (Å²) in [5.74, 6) is -1.36. The number of benzene rings is 3. The number of phenols is 1. The van der Waals surface area contributed by atoms with E-state index in [-0.39, 0.29) is 34.0 Å². The lowest BCUT2D eigenvalue weighted by molar-refractivity contribution is -0.385. The van der Waals surface area contributed by atoms with E-state index in [1.54, 1.807) is 6.07 Å². The largest absolute Gasteiger partial charge is 0.504 e. The number of aromatic hydroxyl groups is 1. The molecule has 0 heterocycles. The fourth-order valence-electron chi connectivity index (χ4n) is 2.88. The van der Waals surface area contributed by atoms with E-state index in [9.17, 15) is 33.5 Å². The molecule has 3 aromatic carbocycles. The molecule has 0 saturated carbocycles. The van der Waals surface area contributed by atoms with E-state index >= 15 is 0 Å². The maximum Gasteiger partial charge on any atom is 0.337 e. The molecule has 0 bridgehead atoms. The molecular formula is C21H18N4O8S. The quantitative estimate of drug-likeness (QED) is 0.200. The molecule has 176 valence electrons. The van der Waals surface area contributed by atoms with Crippen LogP contribution in [0.3, 0.4) is 0 Å². The lowest BCUT2D eigenvalue weighted by Gasteiger charge is -2.13. The summed E-state index contributed by atoms with van der Waals surface area (Å²) in [6.45, 7) is 0. The van der Waals surface area contributed by atoms with Crippen molar-refractivity contribution in [3.05, 3.63) is 81.9 Å². The van der Waals surface area contributed by atoms with Gasteiger partial charge >= 0.3 is 5.97 Å². The van der Waals surface area contributed by atoms with Gasteiger partial charge in [0.15, 0.2) is 11.5 Å². The Bertz CT molecular complexity index is 1390. The number of carbonyl (C=O) groups is 1. The second kappa shape index (κ2) is 9.87. The molecule has 0 unspecified atom stereocenters. The molecule has 0 atom stereocenters. The predicted octanol–water partition coefficient (Wildman–Crippen LogP) is 3.25. The van der Waals surface area contributed by atoms with Gasteiger partial charge in [0.1, 0.15) is 4.90 Å². The average molecular weight is 486 g/mol. The number of carboxylic acid groups (broad SMARTS) is 1. The van der Waals surface area contributed by atoms with Crippen molar-refractivity contribution < 1.29 is 33.1 Å². The summed E-state index contributed by atoms with van der Waals surface area (Å²) in [7, 11) is -3.12. The number of anilines is 2. The predicted molar refractivity (Wildman–Crippen MR) is 123 cm³/mol. The first-order valence-corrected chi connectivity index (χ1v) is 10.9. The van der Waals surface area contributed by atoms with Gasteiger partial charge in [-0.15, -0.1) is 0 Å². The molecule has 13 heteroatoms. The van der Waals surface area contributed by atoms with Crippen LogP contribution in [0.25, 0.3) is 0 Å². The lowest BCUT2D eigenvalue weighted by atomic mass is 10.2. The van der Waals surface area contributed by atoms with Crippen molar-refractivity contribution in [2.24, 2.45) is 5.10 Å². The first-order valence-electron chi connectivity index (χ1n) is 9.42. The van der Waals surface area contributed by atoms with Gasteiger partial charge in [-0.3, -0.25) is 20.3 Å². The molecule has 0 amide bonds. The maximum atomic E-state index is 13.1. The van der Waals surface area contributed by atoms with Crippen LogP contribution in [-0.2, 0) is 10.0 Å². The van der Waals surface area contributed by atoms with Crippen LogP contribution in [0.4, 0.5) is 17.1 Å². The van der Waals surface area contributed by atoms with E-state index in [1.165, 1.54) is 49.7 Å². The summed E-state index contributed by atoms with van der Waals surface area (Å²) in [5.41, 5.74) is 1.56. The Kier molecular flexibility index (Phi) is 6.97. The number of ether oxygens (including phenoxy) is 1. The Morgan fingerprint density at radius 1 is 1.12 bits per heavy atom. The number of phenolic OH excluding ortho intramolecular Hbond substituents is 1. The van der Waals surface area contributed by atoms with Crippen molar-refractivity contribution in [1.82, 2.24) is 0 Å². The number of aromatic carboxylic acids is 1. The summed E-state index contributed by atoms with van der Waals surface area (Å²) >= 11 is 0. The van der Waals surface area contributed by atoms with Crippen molar-refractivity contribution >= 4 is 39.3 Å². The molecule has 3 aromatic rings. The minimum absolute atomic E-state index is 0.135. The number of non-ortho nitro benzene ring substituents is 1. The Morgan fingerprint density at radius 3 is 2.53 bits per heavy atom. The summed E-state index contributed by atoms with van der Waals surface area (Å²) in [4.78, 5) is 21.3. The number of sulfonamides is 1. The highest BCUT2D eigenvalue weighted by atomic mass is 32.2. The number of nitrogens with one attached hydrogen (secondary N) is 2. The van der Waals surface area contributed by atoms with Gasteiger partial charge in [-0.2, -0.15) is 5.10 Å². The summed E-state index contributed by atoms with van der Waals surface area (Å²) in [5, 5.41) is 34.5. The van der Waals surface area contributed by atoms with Crippen LogP contribution in [0.5, 0.6) is 11.5 Å². The van der Waals surface area contributed by atoms with Crippen LogP contribution >= 0.6 is 0 Å². The van der Waals surface area contributed by atoms with Gasteiger partial charge in [0.2, 0.25) is 0 Å². The fraction of sp³-hybridized carbons (Fsp3) is 0.0476. The zero-order valence-corrected chi connectivity index (χ0v) is 18.3. The Hall–Kier alpha value is -4.65. The molecule has 0 aromatic heterocycles. The van der Waals surface area contributed by atoms with Gasteiger partial charge in [0.05, 0.1) is 35.2 Å². The molecule has 0 spiro atoms. The molecule has 4 N–H and O–H groups in total. The minimum Gasteiger partial charge on any atom is -0.504 e. The van der Waals surface area contributed by atoms with Crippen molar-refractivity contribution in [2.45, 2.75) is 4.90 Å². The van der Waals surface area contributed by atoms with Crippen LogP contribution in [0.15, 0.2) is 70.7 Å². The third-order valence-corrected chi connectivity index (χ3v) is 5.91. The highest BCUT2D eigenvalue weighted by Gasteiger charge is 2.24. The second-order valence-corrected chi connectivity index (χ2v) is 8.31. The molecule has 34 heavy (non-hydrogen) atoms. The zero-order valence-electron chi connectivity index (χ0n) is 17.5. The van der Waals surface area contributed by atoms with Crippen LogP contribution in [0.1, 0.15) is 15.9 Å².